The zero-order chi connectivity index (χ0) is 21.3. The van der Waals surface area contributed by atoms with Gasteiger partial charge in [-0.05, 0) is 42.1 Å². The number of likely N-dealkylation sites (tertiary alicyclic amines) is 1. The van der Waals surface area contributed by atoms with Crippen LogP contribution in [0.4, 0.5) is 5.82 Å². The fourth-order valence-electron chi connectivity index (χ4n) is 4.03. The topological polar surface area (TPSA) is 75.3 Å². The van der Waals surface area contributed by atoms with Crippen LogP contribution in [0.5, 0.6) is 0 Å². The minimum atomic E-state index is -0.169. The van der Waals surface area contributed by atoms with Crippen LogP contribution < -0.4 is 4.90 Å². The molecule has 9 heteroatoms. The lowest BCUT2D eigenvalue weighted by Crippen LogP contribution is -2.42. The highest BCUT2D eigenvalue weighted by atomic mass is 79.9. The molecule has 2 saturated heterocycles. The van der Waals surface area contributed by atoms with E-state index in [1.165, 1.54) is 6.20 Å². The van der Waals surface area contributed by atoms with E-state index < -0.39 is 0 Å². The molecule has 0 saturated carbocycles. The van der Waals surface area contributed by atoms with Crippen LogP contribution in [0.3, 0.4) is 0 Å². The maximum absolute atomic E-state index is 13.2. The van der Waals surface area contributed by atoms with E-state index in [9.17, 15) is 4.79 Å². The molecule has 0 aliphatic carbocycles. The molecular weight excluding hydrogens is 448 g/mol. The predicted octanol–water partition coefficient (Wildman–Crippen LogP) is 3.38. The summed E-state index contributed by atoms with van der Waals surface area (Å²) in [7, 11) is 0. The predicted molar refractivity (Wildman–Crippen MR) is 120 cm³/mol. The first-order valence-corrected chi connectivity index (χ1v) is 10.8. The first kappa shape index (κ1) is 20.7. The van der Waals surface area contributed by atoms with Crippen LogP contribution in [0.15, 0.2) is 41.1 Å². The molecule has 4 rings (SSSR count). The Labute approximate surface area is 184 Å². The number of fused-ring (bicyclic) bond motifs is 1. The number of rotatable bonds is 5. The summed E-state index contributed by atoms with van der Waals surface area (Å²) >= 11 is 3.30. The van der Waals surface area contributed by atoms with Gasteiger partial charge in [0, 0.05) is 41.6 Å². The summed E-state index contributed by atoms with van der Waals surface area (Å²) in [5, 5.41) is 4.76. The molecular formula is C21H25BrN6O2. The zero-order valence-corrected chi connectivity index (χ0v) is 18.6. The highest BCUT2D eigenvalue weighted by Crippen LogP contribution is 2.32. The van der Waals surface area contributed by atoms with Crippen LogP contribution in [0.2, 0.25) is 0 Å². The normalized spacial score (nSPS) is 20.1. The molecule has 0 bridgehead atoms. The number of halogens is 1. The number of carbonyl (C=O) groups is 1. The van der Waals surface area contributed by atoms with E-state index >= 15 is 0 Å². The van der Waals surface area contributed by atoms with Crippen molar-refractivity contribution in [3.63, 3.8) is 0 Å². The smallest absolute Gasteiger partial charge is 0.274 e. The second-order valence-corrected chi connectivity index (χ2v) is 8.45. The van der Waals surface area contributed by atoms with Crippen molar-refractivity contribution >= 4 is 39.0 Å². The number of amides is 1. The first-order valence-electron chi connectivity index (χ1n) is 10.0. The van der Waals surface area contributed by atoms with E-state index in [1.54, 1.807) is 4.52 Å². The molecule has 1 atom stereocenters. The monoisotopic (exact) mass is 472 g/mol. The molecule has 8 nitrogen and oxygen atoms in total. The molecule has 4 heterocycles. The van der Waals surface area contributed by atoms with Crippen LogP contribution in [-0.4, -0.2) is 57.5 Å². The van der Waals surface area contributed by atoms with Gasteiger partial charge < -0.3 is 14.5 Å². The maximum Gasteiger partial charge on any atom is 0.274 e. The Morgan fingerprint density at radius 3 is 2.93 bits per heavy atom. The number of hydrogen-bond acceptors (Lipinski definition) is 6. The fourth-order valence-corrected chi connectivity index (χ4v) is 4.31. The van der Waals surface area contributed by atoms with Crippen molar-refractivity contribution in [1.29, 1.82) is 0 Å². The van der Waals surface area contributed by atoms with Crippen LogP contribution in [0.25, 0.3) is 5.65 Å². The Balaban J connectivity index is 1.68. The van der Waals surface area contributed by atoms with Crippen molar-refractivity contribution in [2.45, 2.75) is 32.2 Å². The van der Waals surface area contributed by atoms with Crippen LogP contribution >= 0.6 is 15.9 Å². The van der Waals surface area contributed by atoms with Crippen molar-refractivity contribution in [3.8, 4) is 0 Å². The average Bonchev–Trinajstić information content (AvgIpc) is 3.40. The Morgan fingerprint density at radius 1 is 1.40 bits per heavy atom. The fraction of sp³-hybridized carbons (Fsp3) is 0.429. The van der Waals surface area contributed by atoms with E-state index in [2.05, 4.69) is 39.0 Å². The molecule has 0 spiro atoms. The quantitative estimate of drug-likeness (QED) is 0.623. The number of aromatic nitrogens is 3. The van der Waals surface area contributed by atoms with Crippen molar-refractivity contribution in [3.05, 3.63) is 47.4 Å². The highest BCUT2D eigenvalue weighted by Gasteiger charge is 2.33. The number of carbonyl (C=O) groups excluding carboxylic acids is 1. The van der Waals surface area contributed by atoms with E-state index in [0.717, 1.165) is 48.5 Å². The van der Waals surface area contributed by atoms with E-state index in [1.807, 2.05) is 24.1 Å². The second-order valence-electron chi connectivity index (χ2n) is 7.50. The summed E-state index contributed by atoms with van der Waals surface area (Å²) in [6, 6.07) is 1.84. The van der Waals surface area contributed by atoms with Gasteiger partial charge in [0.15, 0.2) is 5.65 Å². The largest absolute Gasteiger partial charge is 0.359 e. The van der Waals surface area contributed by atoms with Crippen LogP contribution in [0.1, 0.15) is 36.6 Å². The average molecular weight is 473 g/mol. The molecule has 1 unspecified atom stereocenters. The molecule has 0 aromatic carbocycles. The Kier molecular flexibility index (Phi) is 6.01. The lowest BCUT2D eigenvalue weighted by molar-refractivity contribution is -0.127. The molecule has 2 aromatic heterocycles. The van der Waals surface area contributed by atoms with Crippen molar-refractivity contribution < 1.29 is 9.53 Å². The number of ether oxygens (including phenoxy) is 1. The number of hydrogen-bond donors (Lipinski definition) is 0. The summed E-state index contributed by atoms with van der Waals surface area (Å²) in [6.45, 7) is 12.2. The summed E-state index contributed by atoms with van der Waals surface area (Å²) in [5.74, 6) is 0.747. The third-order valence-corrected chi connectivity index (χ3v) is 5.84. The molecule has 30 heavy (non-hydrogen) atoms. The number of aryl methyl sites for hydroxylation is 1. The Hall–Kier alpha value is -2.52. The Morgan fingerprint density at radius 2 is 2.23 bits per heavy atom. The molecule has 2 fully saturated rings. The van der Waals surface area contributed by atoms with E-state index in [4.69, 9.17) is 14.8 Å². The van der Waals surface area contributed by atoms with Crippen molar-refractivity contribution in [2.75, 3.05) is 31.3 Å². The van der Waals surface area contributed by atoms with Gasteiger partial charge in [0.05, 0.1) is 18.3 Å². The molecule has 0 radical (unpaired) electrons. The van der Waals surface area contributed by atoms with Gasteiger partial charge in [0.25, 0.3) is 5.91 Å². The standard InChI is InChI=1S/C21H25BrN6O2/c1-4-23-19(15(3)22)21(29)27-8-6-5-7-17(27)16-11-18-24-20(26-9-10-30-13-26)14(2)12-28(18)25-16/h4,11-12,17H,1,3,5-10,13H2,2H3. The highest BCUT2D eigenvalue weighted by molar-refractivity contribution is 9.12. The number of piperidine rings is 1. The zero-order valence-electron chi connectivity index (χ0n) is 17.1. The second kappa shape index (κ2) is 8.69. The summed E-state index contributed by atoms with van der Waals surface area (Å²) in [6.07, 6.45) is 6.17. The lowest BCUT2D eigenvalue weighted by Gasteiger charge is -2.34. The van der Waals surface area contributed by atoms with E-state index in [-0.39, 0.29) is 17.7 Å². The first-order chi connectivity index (χ1) is 14.5. The van der Waals surface area contributed by atoms with Gasteiger partial charge in [-0.1, -0.05) is 13.2 Å². The number of anilines is 1. The van der Waals surface area contributed by atoms with Gasteiger partial charge in [0.1, 0.15) is 18.3 Å². The van der Waals surface area contributed by atoms with Gasteiger partial charge >= 0.3 is 0 Å². The van der Waals surface area contributed by atoms with Gasteiger partial charge in [-0.2, -0.15) is 5.10 Å². The molecule has 2 aliphatic heterocycles. The van der Waals surface area contributed by atoms with Gasteiger partial charge in [-0.3, -0.25) is 9.79 Å². The molecule has 2 aromatic rings. The number of nitrogens with zero attached hydrogens (tertiary/aromatic N) is 6. The third-order valence-electron chi connectivity index (χ3n) is 5.46. The van der Waals surface area contributed by atoms with Crippen molar-refractivity contribution in [1.82, 2.24) is 19.5 Å². The molecule has 2 aliphatic rings. The third kappa shape index (κ3) is 3.91. The number of aliphatic imine (C=N–C) groups is 1. The minimum Gasteiger partial charge on any atom is -0.359 e. The summed E-state index contributed by atoms with van der Waals surface area (Å²) in [5.41, 5.74) is 2.91. The Bertz CT molecular complexity index is 1020. The lowest BCUT2D eigenvalue weighted by atomic mass is 9.98. The van der Waals surface area contributed by atoms with Crippen LogP contribution in [-0.2, 0) is 9.53 Å². The van der Waals surface area contributed by atoms with Crippen LogP contribution in [0, 0.1) is 6.92 Å². The van der Waals surface area contributed by atoms with Crippen molar-refractivity contribution in [2.24, 2.45) is 4.99 Å². The molecule has 0 N–H and O–H groups in total. The minimum absolute atomic E-state index is 0.131. The SMILES string of the molecule is C=CN=C(C(=C)Br)C(=O)N1CCCCC1c1cc2nc(N3CCOC3)c(C)cn2n1. The summed E-state index contributed by atoms with van der Waals surface area (Å²) < 4.78 is 7.71. The van der Waals surface area contributed by atoms with Gasteiger partial charge in [-0.25, -0.2) is 9.50 Å². The summed E-state index contributed by atoms with van der Waals surface area (Å²) in [4.78, 5) is 26.1. The van der Waals surface area contributed by atoms with E-state index in [0.29, 0.717) is 24.4 Å². The maximum atomic E-state index is 13.2. The van der Waals surface area contributed by atoms with Gasteiger partial charge in [-0.15, -0.1) is 0 Å². The molecule has 1 amide bonds. The van der Waals surface area contributed by atoms with Gasteiger partial charge in [0.2, 0.25) is 0 Å². The molecule has 158 valence electrons.